The molecule has 0 saturated carbocycles. The van der Waals surface area contributed by atoms with E-state index in [0.717, 1.165) is 21.8 Å². The zero-order valence-corrected chi connectivity index (χ0v) is 9.39. The summed E-state index contributed by atoms with van der Waals surface area (Å²) in [6, 6.07) is 7.62. The smallest absolute Gasteiger partial charge is 0.134 e. The first kappa shape index (κ1) is 9.10. The van der Waals surface area contributed by atoms with Gasteiger partial charge in [0.05, 0.1) is 4.83 Å². The Hall–Kier alpha value is -0.470. The van der Waals surface area contributed by atoms with Crippen LogP contribution in [0.4, 0.5) is 0 Å². The van der Waals surface area contributed by atoms with Gasteiger partial charge in [-0.25, -0.2) is 0 Å². The number of hydrogen-bond donors (Lipinski definition) is 0. The number of hydrogen-bond acceptors (Lipinski definition) is 1. The summed E-state index contributed by atoms with van der Waals surface area (Å²) in [5.74, 6) is 0.928. The number of fused-ring (bicyclic) bond motifs is 1. The van der Waals surface area contributed by atoms with Crippen molar-refractivity contribution >= 4 is 38.5 Å². The Morgan fingerprint density at radius 2 is 2.15 bits per heavy atom. The average Bonchev–Trinajstić information content (AvgIpc) is 2.46. The van der Waals surface area contributed by atoms with Crippen LogP contribution < -0.4 is 0 Å². The van der Waals surface area contributed by atoms with Gasteiger partial charge in [-0.3, -0.25) is 0 Å². The van der Waals surface area contributed by atoms with Gasteiger partial charge in [0.1, 0.15) is 11.3 Å². The third-order valence-electron chi connectivity index (χ3n) is 1.89. The maximum absolute atomic E-state index is 5.85. The largest absolute Gasteiger partial charge is 0.460 e. The standard InChI is InChI=1S/C10H8BrClO/c1-6(11)10-5-7-4-8(12)2-3-9(7)13-10/h2-6H,1H3. The molecule has 1 heterocycles. The number of benzene rings is 1. The quantitative estimate of drug-likeness (QED) is 0.685. The predicted molar refractivity (Wildman–Crippen MR) is 58.6 cm³/mol. The molecule has 68 valence electrons. The Morgan fingerprint density at radius 1 is 1.38 bits per heavy atom. The summed E-state index contributed by atoms with van der Waals surface area (Å²) >= 11 is 9.31. The first-order valence-corrected chi connectivity index (χ1v) is 5.29. The van der Waals surface area contributed by atoms with E-state index in [9.17, 15) is 0 Å². The maximum Gasteiger partial charge on any atom is 0.134 e. The van der Waals surface area contributed by atoms with Gasteiger partial charge in [-0.05, 0) is 31.2 Å². The topological polar surface area (TPSA) is 13.1 Å². The number of furan rings is 1. The van der Waals surface area contributed by atoms with Crippen LogP contribution in [-0.2, 0) is 0 Å². The highest BCUT2D eigenvalue weighted by Crippen LogP contribution is 2.29. The van der Waals surface area contributed by atoms with Crippen molar-refractivity contribution in [2.75, 3.05) is 0 Å². The lowest BCUT2D eigenvalue weighted by Gasteiger charge is -1.93. The van der Waals surface area contributed by atoms with Gasteiger partial charge in [0.15, 0.2) is 0 Å². The first-order valence-electron chi connectivity index (χ1n) is 4.00. The minimum Gasteiger partial charge on any atom is -0.460 e. The van der Waals surface area contributed by atoms with Gasteiger partial charge in [0, 0.05) is 10.4 Å². The molecule has 0 amide bonds. The van der Waals surface area contributed by atoms with Crippen LogP contribution in [0.3, 0.4) is 0 Å². The molecule has 0 aliphatic rings. The lowest BCUT2D eigenvalue weighted by molar-refractivity contribution is 0.555. The molecule has 0 N–H and O–H groups in total. The Bertz CT molecular complexity index is 433. The van der Waals surface area contributed by atoms with Crippen molar-refractivity contribution in [1.82, 2.24) is 0 Å². The summed E-state index contributed by atoms with van der Waals surface area (Å²) in [7, 11) is 0. The van der Waals surface area contributed by atoms with Crippen molar-refractivity contribution in [3.05, 3.63) is 35.0 Å². The van der Waals surface area contributed by atoms with Crippen LogP contribution in [0.2, 0.25) is 5.02 Å². The molecular formula is C10H8BrClO. The SMILES string of the molecule is CC(Br)c1cc2cc(Cl)ccc2o1. The van der Waals surface area contributed by atoms with Crippen molar-refractivity contribution in [1.29, 1.82) is 0 Å². The van der Waals surface area contributed by atoms with Crippen LogP contribution in [0.25, 0.3) is 11.0 Å². The Morgan fingerprint density at radius 3 is 2.85 bits per heavy atom. The predicted octanol–water partition coefficient (Wildman–Crippen LogP) is 4.54. The third-order valence-corrected chi connectivity index (χ3v) is 2.58. The summed E-state index contributed by atoms with van der Waals surface area (Å²) in [6.07, 6.45) is 0. The highest BCUT2D eigenvalue weighted by Gasteiger charge is 2.07. The molecule has 1 aromatic carbocycles. The van der Waals surface area contributed by atoms with E-state index in [0.29, 0.717) is 0 Å². The molecule has 0 saturated heterocycles. The molecule has 0 bridgehead atoms. The van der Waals surface area contributed by atoms with Gasteiger partial charge in [-0.15, -0.1) is 0 Å². The van der Waals surface area contributed by atoms with Crippen molar-refractivity contribution in [3.63, 3.8) is 0 Å². The zero-order valence-electron chi connectivity index (χ0n) is 7.05. The van der Waals surface area contributed by atoms with Crippen molar-refractivity contribution in [2.45, 2.75) is 11.8 Å². The van der Waals surface area contributed by atoms with E-state index < -0.39 is 0 Å². The van der Waals surface area contributed by atoms with E-state index in [1.54, 1.807) is 0 Å². The minimum atomic E-state index is 0.235. The third kappa shape index (κ3) is 1.74. The summed E-state index contributed by atoms with van der Waals surface area (Å²) in [4.78, 5) is 0.235. The molecule has 1 nitrogen and oxygen atoms in total. The van der Waals surface area contributed by atoms with E-state index in [1.165, 1.54) is 0 Å². The fourth-order valence-electron chi connectivity index (χ4n) is 1.23. The monoisotopic (exact) mass is 258 g/mol. The van der Waals surface area contributed by atoms with Crippen LogP contribution in [0.5, 0.6) is 0 Å². The number of halogens is 2. The molecule has 0 aliphatic heterocycles. The first-order chi connectivity index (χ1) is 6.16. The molecule has 0 fully saturated rings. The van der Waals surface area contributed by atoms with E-state index in [1.807, 2.05) is 31.2 Å². The molecule has 2 aromatic rings. The van der Waals surface area contributed by atoms with Gasteiger partial charge in [-0.1, -0.05) is 27.5 Å². The highest BCUT2D eigenvalue weighted by atomic mass is 79.9. The van der Waals surface area contributed by atoms with E-state index in [4.69, 9.17) is 16.0 Å². The fourth-order valence-corrected chi connectivity index (χ4v) is 1.64. The number of rotatable bonds is 1. The second-order valence-corrected chi connectivity index (χ2v) is 4.76. The van der Waals surface area contributed by atoms with Crippen LogP contribution in [0, 0.1) is 0 Å². The molecular weight excluding hydrogens is 251 g/mol. The molecule has 0 aliphatic carbocycles. The Labute approximate surface area is 89.8 Å². The van der Waals surface area contributed by atoms with Gasteiger partial charge < -0.3 is 4.42 Å². The van der Waals surface area contributed by atoms with Gasteiger partial charge in [0.25, 0.3) is 0 Å². The molecule has 0 radical (unpaired) electrons. The second-order valence-electron chi connectivity index (χ2n) is 2.95. The minimum absolute atomic E-state index is 0.235. The van der Waals surface area contributed by atoms with Crippen LogP contribution >= 0.6 is 27.5 Å². The molecule has 1 aromatic heterocycles. The molecule has 1 unspecified atom stereocenters. The van der Waals surface area contributed by atoms with Gasteiger partial charge in [0.2, 0.25) is 0 Å². The van der Waals surface area contributed by atoms with E-state index in [-0.39, 0.29) is 4.83 Å². The highest BCUT2D eigenvalue weighted by molar-refractivity contribution is 9.09. The Kier molecular flexibility index (Phi) is 2.35. The molecule has 13 heavy (non-hydrogen) atoms. The van der Waals surface area contributed by atoms with Crippen molar-refractivity contribution < 1.29 is 4.42 Å². The average molecular weight is 260 g/mol. The van der Waals surface area contributed by atoms with Crippen molar-refractivity contribution in [3.8, 4) is 0 Å². The van der Waals surface area contributed by atoms with Crippen LogP contribution in [-0.4, -0.2) is 0 Å². The van der Waals surface area contributed by atoms with Gasteiger partial charge in [-0.2, -0.15) is 0 Å². The molecule has 0 spiro atoms. The maximum atomic E-state index is 5.85. The molecule has 2 rings (SSSR count). The van der Waals surface area contributed by atoms with Crippen LogP contribution in [0.1, 0.15) is 17.5 Å². The lowest BCUT2D eigenvalue weighted by atomic mass is 10.2. The second kappa shape index (κ2) is 3.35. The normalized spacial score (nSPS) is 13.5. The summed E-state index contributed by atoms with van der Waals surface area (Å²) in [5.41, 5.74) is 0.880. The summed E-state index contributed by atoms with van der Waals surface area (Å²) < 4.78 is 5.58. The lowest BCUT2D eigenvalue weighted by Crippen LogP contribution is -1.74. The summed E-state index contributed by atoms with van der Waals surface area (Å²) in [5, 5.41) is 1.79. The van der Waals surface area contributed by atoms with Gasteiger partial charge >= 0.3 is 0 Å². The van der Waals surface area contributed by atoms with Crippen molar-refractivity contribution in [2.24, 2.45) is 0 Å². The number of alkyl halides is 1. The van der Waals surface area contributed by atoms with Crippen LogP contribution in [0.15, 0.2) is 28.7 Å². The Balaban J connectivity index is 2.62. The molecule has 1 atom stereocenters. The van der Waals surface area contributed by atoms with E-state index >= 15 is 0 Å². The molecule has 3 heteroatoms. The van der Waals surface area contributed by atoms with E-state index in [2.05, 4.69) is 15.9 Å². The fraction of sp³-hybridized carbons (Fsp3) is 0.200. The summed E-state index contributed by atoms with van der Waals surface area (Å²) in [6.45, 7) is 2.03. The zero-order chi connectivity index (χ0) is 9.42.